The molecule has 152 valence electrons. The molecule has 3 heterocycles. The van der Waals surface area contributed by atoms with Crippen LogP contribution in [0.25, 0.3) is 0 Å². The molecule has 3 N–H and O–H groups in total. The predicted octanol–water partition coefficient (Wildman–Crippen LogP) is 1.83. The number of nitrogens with zero attached hydrogens (tertiary/aromatic N) is 7. The Morgan fingerprint density at radius 2 is 2.10 bits per heavy atom. The summed E-state index contributed by atoms with van der Waals surface area (Å²) in [6.45, 7) is 4.18. The molecule has 0 radical (unpaired) electrons. The van der Waals surface area contributed by atoms with Crippen molar-refractivity contribution in [3.8, 4) is 11.5 Å². The lowest BCUT2D eigenvalue weighted by molar-refractivity contribution is -0.535. The number of benzene rings is 1. The van der Waals surface area contributed by atoms with Crippen molar-refractivity contribution >= 4 is 17.4 Å². The number of amidine groups is 1. The first-order valence-electron chi connectivity index (χ1n) is 8.85. The van der Waals surface area contributed by atoms with Crippen molar-refractivity contribution in [2.45, 2.75) is 13.0 Å². The van der Waals surface area contributed by atoms with Crippen molar-refractivity contribution in [3.05, 3.63) is 70.3 Å². The minimum absolute atomic E-state index is 0.0162. The molecular formula is C18H17N8O4+. The summed E-state index contributed by atoms with van der Waals surface area (Å²) < 4.78 is 2.96. The number of nitro groups is 1. The van der Waals surface area contributed by atoms with Crippen LogP contribution in [0.5, 0.6) is 11.5 Å². The first-order chi connectivity index (χ1) is 14.4. The van der Waals surface area contributed by atoms with Gasteiger partial charge in [0.25, 0.3) is 5.70 Å². The maximum absolute atomic E-state index is 10.8. The van der Waals surface area contributed by atoms with E-state index in [4.69, 9.17) is 0 Å². The summed E-state index contributed by atoms with van der Waals surface area (Å²) in [5.74, 6) is 0.695. The summed E-state index contributed by atoms with van der Waals surface area (Å²) in [7, 11) is 0. The minimum atomic E-state index is -0.571. The van der Waals surface area contributed by atoms with Crippen LogP contribution in [0.2, 0.25) is 0 Å². The zero-order valence-electron chi connectivity index (χ0n) is 15.6. The molecule has 0 unspecified atom stereocenters. The maximum atomic E-state index is 10.8. The number of allylic oxidation sites excluding steroid dienone is 1. The zero-order valence-corrected chi connectivity index (χ0v) is 15.6. The molecule has 12 nitrogen and oxygen atoms in total. The summed E-state index contributed by atoms with van der Waals surface area (Å²) in [5, 5.41) is 43.0. The molecule has 2 aliphatic rings. The van der Waals surface area contributed by atoms with Crippen molar-refractivity contribution in [2.24, 2.45) is 15.2 Å². The van der Waals surface area contributed by atoms with Crippen LogP contribution in [-0.4, -0.2) is 47.7 Å². The quantitative estimate of drug-likeness (QED) is 0.376. The second-order valence-corrected chi connectivity index (χ2v) is 6.58. The van der Waals surface area contributed by atoms with Gasteiger partial charge >= 0.3 is 5.82 Å². The Balaban J connectivity index is 1.39. The fraction of sp³-hybridized carbons (Fsp3) is 0.167. The first-order valence-corrected chi connectivity index (χ1v) is 8.85. The third-order valence-electron chi connectivity index (χ3n) is 4.41. The van der Waals surface area contributed by atoms with Gasteiger partial charge in [0.2, 0.25) is 11.7 Å². The molecule has 0 saturated heterocycles. The number of aromatic hydroxyl groups is 2. The summed E-state index contributed by atoms with van der Waals surface area (Å²) in [6.07, 6.45) is 3.38. The Labute approximate surface area is 169 Å². The van der Waals surface area contributed by atoms with Gasteiger partial charge in [-0.15, -0.1) is 0 Å². The SMILES string of the molecule is C=C1C=C([N+](=O)[O-])N=[N+]1CC1=NNC(=Nc2ccn(Cc3c(O)cccc3O)n2)C1. The van der Waals surface area contributed by atoms with Crippen molar-refractivity contribution in [2.75, 3.05) is 6.54 Å². The molecule has 1 aromatic carbocycles. The average Bonchev–Trinajstić information content (AvgIpc) is 3.41. The normalized spacial score (nSPS) is 17.0. The zero-order chi connectivity index (χ0) is 21.3. The molecule has 0 fully saturated rings. The highest BCUT2D eigenvalue weighted by Crippen LogP contribution is 2.27. The summed E-state index contributed by atoms with van der Waals surface area (Å²) in [4.78, 5) is 14.6. The number of rotatable bonds is 6. The van der Waals surface area contributed by atoms with E-state index < -0.39 is 4.92 Å². The highest BCUT2D eigenvalue weighted by molar-refractivity contribution is 6.08. The van der Waals surface area contributed by atoms with Crippen LogP contribution >= 0.6 is 0 Å². The van der Waals surface area contributed by atoms with Crippen LogP contribution in [-0.2, 0) is 6.54 Å². The standard InChI is InChI=1S/C18H16N8O4/c1-11-7-18(26(29)30)23-25(11)9-12-8-17(21-20-12)19-16-5-6-24(22-16)10-13-14(27)3-2-4-15(13)28/h2-7H,1,8-10H2,(H2-,19,21,22,27,28)/p+1. The lowest BCUT2D eigenvalue weighted by Gasteiger charge is -2.06. The molecule has 12 heteroatoms. The molecular weight excluding hydrogens is 392 g/mol. The van der Waals surface area contributed by atoms with Gasteiger partial charge in [-0.25, -0.2) is 4.99 Å². The third kappa shape index (κ3) is 3.92. The van der Waals surface area contributed by atoms with E-state index in [2.05, 4.69) is 32.3 Å². The molecule has 0 spiro atoms. The van der Waals surface area contributed by atoms with Gasteiger partial charge in [-0.2, -0.15) is 10.2 Å². The molecule has 30 heavy (non-hydrogen) atoms. The van der Waals surface area contributed by atoms with Crippen LogP contribution in [0.3, 0.4) is 0 Å². The molecule has 0 saturated carbocycles. The lowest BCUT2D eigenvalue weighted by Crippen LogP contribution is -2.16. The van der Waals surface area contributed by atoms with E-state index in [-0.39, 0.29) is 30.4 Å². The second kappa shape index (κ2) is 7.58. The molecule has 4 rings (SSSR count). The van der Waals surface area contributed by atoms with E-state index in [0.29, 0.717) is 35.0 Å². The number of hydrazone groups is 1. The summed E-state index contributed by atoms with van der Waals surface area (Å²) >= 11 is 0. The molecule has 1 aromatic heterocycles. The van der Waals surface area contributed by atoms with Gasteiger partial charge < -0.3 is 20.3 Å². The Bertz CT molecular complexity index is 1150. The number of azo groups is 2. The molecule has 0 bridgehead atoms. The molecule has 0 amide bonds. The smallest absolute Gasteiger partial charge is 0.442 e. The number of phenolic OH excluding ortho intramolecular Hbond substituents is 2. The highest BCUT2D eigenvalue weighted by atomic mass is 16.6. The van der Waals surface area contributed by atoms with E-state index in [1.54, 1.807) is 23.0 Å². The number of aromatic nitrogens is 2. The van der Waals surface area contributed by atoms with Crippen LogP contribution in [0.15, 0.2) is 69.8 Å². The van der Waals surface area contributed by atoms with Crippen molar-refractivity contribution in [1.82, 2.24) is 15.2 Å². The first kappa shape index (κ1) is 19.0. The van der Waals surface area contributed by atoms with Gasteiger partial charge in [0.05, 0.1) is 18.5 Å². The number of aliphatic imine (C=N–C) groups is 1. The Kier molecular flexibility index (Phi) is 4.80. The van der Waals surface area contributed by atoms with E-state index in [1.807, 2.05) is 0 Å². The van der Waals surface area contributed by atoms with Gasteiger partial charge in [-0.1, -0.05) is 6.07 Å². The lowest BCUT2D eigenvalue weighted by atomic mass is 10.2. The van der Waals surface area contributed by atoms with Crippen LogP contribution < -0.4 is 5.43 Å². The Morgan fingerprint density at radius 1 is 1.33 bits per heavy atom. The highest BCUT2D eigenvalue weighted by Gasteiger charge is 2.34. The van der Waals surface area contributed by atoms with Crippen molar-refractivity contribution in [3.63, 3.8) is 0 Å². The Morgan fingerprint density at radius 3 is 2.80 bits per heavy atom. The van der Waals surface area contributed by atoms with Crippen LogP contribution in [0.1, 0.15) is 12.0 Å². The van der Waals surface area contributed by atoms with Gasteiger partial charge in [0.1, 0.15) is 29.1 Å². The molecule has 2 aromatic rings. The molecule has 2 aliphatic heterocycles. The van der Waals surface area contributed by atoms with Gasteiger partial charge in [-0.3, -0.25) is 10.1 Å². The number of nitrogens with one attached hydrogen (secondary N) is 1. The minimum Gasteiger partial charge on any atom is -0.507 e. The fourth-order valence-corrected chi connectivity index (χ4v) is 2.93. The number of hydrogen-bond acceptors (Lipinski definition) is 8. The second-order valence-electron chi connectivity index (χ2n) is 6.58. The van der Waals surface area contributed by atoms with E-state index in [1.165, 1.54) is 22.9 Å². The summed E-state index contributed by atoms with van der Waals surface area (Å²) in [5.41, 5.74) is 4.29. The summed E-state index contributed by atoms with van der Waals surface area (Å²) in [6, 6.07) is 6.23. The fourth-order valence-electron chi connectivity index (χ4n) is 2.93. The largest absolute Gasteiger partial charge is 0.507 e. The number of hydrogen-bond donors (Lipinski definition) is 3. The van der Waals surface area contributed by atoms with Gasteiger partial charge in [0, 0.05) is 17.0 Å². The van der Waals surface area contributed by atoms with Gasteiger partial charge in [0.15, 0.2) is 5.82 Å². The molecule has 0 atom stereocenters. The number of phenols is 2. The molecule has 0 aliphatic carbocycles. The average molecular weight is 409 g/mol. The van der Waals surface area contributed by atoms with Gasteiger partial charge in [-0.05, 0) is 23.6 Å². The topological polar surface area (TPSA) is 154 Å². The van der Waals surface area contributed by atoms with E-state index in [9.17, 15) is 20.3 Å². The van der Waals surface area contributed by atoms with E-state index >= 15 is 0 Å². The predicted molar refractivity (Wildman–Crippen MR) is 105 cm³/mol. The third-order valence-corrected chi connectivity index (χ3v) is 4.41. The van der Waals surface area contributed by atoms with Crippen LogP contribution in [0, 0.1) is 10.1 Å². The Hall–Kier alpha value is -4.35. The van der Waals surface area contributed by atoms with E-state index in [0.717, 1.165) is 0 Å². The maximum Gasteiger partial charge on any atom is 0.442 e. The van der Waals surface area contributed by atoms with Crippen molar-refractivity contribution < 1.29 is 19.8 Å². The van der Waals surface area contributed by atoms with Crippen molar-refractivity contribution in [1.29, 1.82) is 0 Å². The van der Waals surface area contributed by atoms with Crippen LogP contribution in [0.4, 0.5) is 5.82 Å². The monoisotopic (exact) mass is 409 g/mol.